The predicted octanol–water partition coefficient (Wildman–Crippen LogP) is 0.943. The van der Waals surface area contributed by atoms with E-state index in [0.29, 0.717) is 38.8 Å². The third-order valence-electron chi connectivity index (χ3n) is 4.75. The highest BCUT2D eigenvalue weighted by atomic mass is 16.5. The van der Waals surface area contributed by atoms with E-state index in [4.69, 9.17) is 9.26 Å². The molecule has 1 aliphatic carbocycles. The standard InChI is InChI=1S/C15H22N4O3/c20-13(18-6-8-21-9-7-18)10-19-5-1-2-12(19)14-16-15(22-17-14)11-3-4-11/h11-12H,1-10H2. The molecule has 0 bridgehead atoms. The van der Waals surface area contributed by atoms with Crippen LogP contribution in [0.4, 0.5) is 0 Å². The van der Waals surface area contributed by atoms with Gasteiger partial charge >= 0.3 is 0 Å². The van der Waals surface area contributed by atoms with E-state index in [1.165, 1.54) is 0 Å². The van der Waals surface area contributed by atoms with Crippen LogP contribution >= 0.6 is 0 Å². The molecule has 0 N–H and O–H groups in total. The molecule has 2 saturated heterocycles. The summed E-state index contributed by atoms with van der Waals surface area (Å²) in [5.74, 6) is 2.20. The lowest BCUT2D eigenvalue weighted by Gasteiger charge is -2.30. The van der Waals surface area contributed by atoms with Crippen molar-refractivity contribution >= 4 is 5.91 Å². The van der Waals surface area contributed by atoms with E-state index in [1.54, 1.807) is 0 Å². The van der Waals surface area contributed by atoms with Crippen molar-refractivity contribution in [3.63, 3.8) is 0 Å². The van der Waals surface area contributed by atoms with Crippen LogP contribution in [0.15, 0.2) is 4.52 Å². The second-order valence-corrected chi connectivity index (χ2v) is 6.39. The topological polar surface area (TPSA) is 71.7 Å². The number of hydrogen-bond acceptors (Lipinski definition) is 6. The van der Waals surface area contributed by atoms with Crippen LogP contribution in [-0.4, -0.2) is 65.2 Å². The Morgan fingerprint density at radius 1 is 1.18 bits per heavy atom. The second kappa shape index (κ2) is 5.96. The lowest BCUT2D eigenvalue weighted by molar-refractivity contribution is -0.136. The minimum atomic E-state index is 0.126. The monoisotopic (exact) mass is 306 g/mol. The molecule has 3 fully saturated rings. The van der Waals surface area contributed by atoms with Gasteiger partial charge in [0.25, 0.3) is 0 Å². The van der Waals surface area contributed by atoms with Gasteiger partial charge in [0.15, 0.2) is 5.82 Å². The molecule has 7 heteroatoms. The molecule has 7 nitrogen and oxygen atoms in total. The zero-order valence-electron chi connectivity index (χ0n) is 12.7. The number of amides is 1. The van der Waals surface area contributed by atoms with Crippen LogP contribution in [0.1, 0.15) is 49.4 Å². The average Bonchev–Trinajstić information content (AvgIpc) is 3.10. The molecule has 1 atom stereocenters. The fraction of sp³-hybridized carbons (Fsp3) is 0.800. The van der Waals surface area contributed by atoms with Crippen molar-refractivity contribution < 1.29 is 14.1 Å². The summed E-state index contributed by atoms with van der Waals surface area (Å²) in [6, 6.07) is 0.126. The number of nitrogens with zero attached hydrogens (tertiary/aromatic N) is 4. The number of hydrogen-bond donors (Lipinski definition) is 0. The summed E-state index contributed by atoms with van der Waals surface area (Å²) in [6.45, 7) is 4.05. The largest absolute Gasteiger partial charge is 0.378 e. The Bertz CT molecular complexity index is 537. The predicted molar refractivity (Wildman–Crippen MR) is 77.2 cm³/mol. The smallest absolute Gasteiger partial charge is 0.236 e. The molecule has 1 saturated carbocycles. The molecule has 22 heavy (non-hydrogen) atoms. The van der Waals surface area contributed by atoms with Crippen molar-refractivity contribution in [3.05, 3.63) is 11.7 Å². The first-order valence-corrected chi connectivity index (χ1v) is 8.24. The number of morpholine rings is 1. The van der Waals surface area contributed by atoms with E-state index < -0.39 is 0 Å². The number of aromatic nitrogens is 2. The zero-order valence-corrected chi connectivity index (χ0v) is 12.7. The number of rotatable bonds is 4. The molecule has 0 radical (unpaired) electrons. The van der Waals surface area contributed by atoms with Gasteiger partial charge < -0.3 is 14.2 Å². The lowest BCUT2D eigenvalue weighted by atomic mass is 10.2. The van der Waals surface area contributed by atoms with E-state index in [-0.39, 0.29) is 11.9 Å². The van der Waals surface area contributed by atoms with Crippen LogP contribution in [0.3, 0.4) is 0 Å². The van der Waals surface area contributed by atoms with E-state index in [2.05, 4.69) is 15.0 Å². The van der Waals surface area contributed by atoms with Crippen LogP contribution in [0.2, 0.25) is 0 Å². The van der Waals surface area contributed by atoms with Crippen LogP contribution in [0, 0.1) is 0 Å². The number of likely N-dealkylation sites (tertiary alicyclic amines) is 1. The van der Waals surface area contributed by atoms with Gasteiger partial charge in [0.05, 0.1) is 25.8 Å². The number of carbonyl (C=O) groups is 1. The summed E-state index contributed by atoms with van der Waals surface area (Å²) >= 11 is 0. The summed E-state index contributed by atoms with van der Waals surface area (Å²) in [4.78, 5) is 21.1. The van der Waals surface area contributed by atoms with Gasteiger partial charge in [0.1, 0.15) is 0 Å². The normalized spacial score (nSPS) is 26.5. The summed E-state index contributed by atoms with van der Waals surface area (Å²) in [7, 11) is 0. The Hall–Kier alpha value is -1.47. The minimum Gasteiger partial charge on any atom is -0.378 e. The molecule has 0 aromatic carbocycles. The molecule has 1 unspecified atom stereocenters. The van der Waals surface area contributed by atoms with Gasteiger partial charge in [-0.3, -0.25) is 9.69 Å². The quantitative estimate of drug-likeness (QED) is 0.824. The van der Waals surface area contributed by atoms with E-state index in [1.807, 2.05) is 4.90 Å². The van der Waals surface area contributed by atoms with Gasteiger partial charge in [-0.1, -0.05) is 5.16 Å². The summed E-state index contributed by atoms with van der Waals surface area (Å²) in [5, 5.41) is 4.16. The van der Waals surface area contributed by atoms with Gasteiger partial charge in [-0.25, -0.2) is 0 Å². The molecule has 1 aromatic heterocycles. The maximum Gasteiger partial charge on any atom is 0.236 e. The van der Waals surface area contributed by atoms with Crippen molar-refractivity contribution in [1.82, 2.24) is 19.9 Å². The molecule has 3 aliphatic rings. The molecule has 2 aliphatic heterocycles. The molecule has 0 spiro atoms. The molecule has 1 amide bonds. The Kier molecular flexibility index (Phi) is 3.83. The summed E-state index contributed by atoms with van der Waals surface area (Å²) in [5.41, 5.74) is 0. The Morgan fingerprint density at radius 3 is 2.77 bits per heavy atom. The highest BCUT2D eigenvalue weighted by molar-refractivity contribution is 5.78. The third kappa shape index (κ3) is 2.87. The van der Waals surface area contributed by atoms with E-state index in [9.17, 15) is 4.79 Å². The van der Waals surface area contributed by atoms with Crippen LogP contribution in [0.25, 0.3) is 0 Å². The first-order valence-electron chi connectivity index (χ1n) is 8.24. The Morgan fingerprint density at radius 2 is 2.00 bits per heavy atom. The number of ether oxygens (including phenoxy) is 1. The molecule has 4 rings (SSSR count). The third-order valence-corrected chi connectivity index (χ3v) is 4.75. The Labute approximate surface area is 129 Å². The SMILES string of the molecule is O=C(CN1CCCC1c1noc(C2CC2)n1)N1CCOCC1. The summed E-state index contributed by atoms with van der Waals surface area (Å²) < 4.78 is 10.7. The first-order chi connectivity index (χ1) is 10.8. The zero-order chi connectivity index (χ0) is 14.9. The maximum atomic E-state index is 12.4. The first kappa shape index (κ1) is 14.1. The van der Waals surface area contributed by atoms with Gasteiger partial charge in [-0.15, -0.1) is 0 Å². The molecular formula is C15H22N4O3. The minimum absolute atomic E-state index is 0.126. The lowest BCUT2D eigenvalue weighted by Crippen LogP contribution is -2.45. The van der Waals surface area contributed by atoms with Crippen molar-refractivity contribution in [2.24, 2.45) is 0 Å². The van der Waals surface area contributed by atoms with Crippen LogP contribution in [0.5, 0.6) is 0 Å². The van der Waals surface area contributed by atoms with E-state index in [0.717, 1.165) is 43.9 Å². The van der Waals surface area contributed by atoms with Gasteiger partial charge in [-0.05, 0) is 32.2 Å². The van der Waals surface area contributed by atoms with Crippen LogP contribution in [-0.2, 0) is 9.53 Å². The molecule has 1 aromatic rings. The molecular weight excluding hydrogens is 284 g/mol. The second-order valence-electron chi connectivity index (χ2n) is 6.39. The van der Waals surface area contributed by atoms with Crippen molar-refractivity contribution in [1.29, 1.82) is 0 Å². The molecule has 120 valence electrons. The van der Waals surface area contributed by atoms with Gasteiger partial charge in [0, 0.05) is 19.0 Å². The maximum absolute atomic E-state index is 12.4. The Balaban J connectivity index is 1.40. The molecule has 3 heterocycles. The van der Waals surface area contributed by atoms with E-state index >= 15 is 0 Å². The van der Waals surface area contributed by atoms with Crippen molar-refractivity contribution in [3.8, 4) is 0 Å². The summed E-state index contributed by atoms with van der Waals surface area (Å²) in [6.07, 6.45) is 4.39. The highest BCUT2D eigenvalue weighted by Gasteiger charge is 2.35. The highest BCUT2D eigenvalue weighted by Crippen LogP contribution is 2.40. The average molecular weight is 306 g/mol. The van der Waals surface area contributed by atoms with Crippen molar-refractivity contribution in [2.75, 3.05) is 39.4 Å². The van der Waals surface area contributed by atoms with Gasteiger partial charge in [0.2, 0.25) is 11.8 Å². The van der Waals surface area contributed by atoms with Crippen LogP contribution < -0.4 is 0 Å². The number of carbonyl (C=O) groups excluding carboxylic acids is 1. The fourth-order valence-corrected chi connectivity index (χ4v) is 3.27. The van der Waals surface area contributed by atoms with Gasteiger partial charge in [-0.2, -0.15) is 4.98 Å². The fourth-order valence-electron chi connectivity index (χ4n) is 3.27. The van der Waals surface area contributed by atoms with Crippen molar-refractivity contribution in [2.45, 2.75) is 37.6 Å².